The maximum atomic E-state index is 13.3. The number of amides is 2. The minimum absolute atomic E-state index is 0.328. The Hall–Kier alpha value is -1.89. The number of urea groups is 1. The monoisotopic (exact) mass is 278 g/mol. The van der Waals surface area contributed by atoms with Crippen molar-refractivity contribution in [3.8, 4) is 0 Å². The molecule has 0 aromatic heterocycles. The van der Waals surface area contributed by atoms with Gasteiger partial charge in [-0.05, 0) is 13.0 Å². The largest absolute Gasteiger partial charge is 0.480 e. The van der Waals surface area contributed by atoms with Gasteiger partial charge in [-0.15, -0.1) is 0 Å². The van der Waals surface area contributed by atoms with E-state index in [0.29, 0.717) is 6.07 Å². The molecule has 0 fully saturated rings. The molecule has 0 aliphatic heterocycles. The Kier molecular flexibility index (Phi) is 4.43. The molecule has 8 heteroatoms. The molecule has 1 rings (SSSR count). The third-order valence-corrected chi connectivity index (χ3v) is 2.26. The van der Waals surface area contributed by atoms with E-state index in [4.69, 9.17) is 16.7 Å². The number of hydrogen-bond donors (Lipinski definition) is 3. The van der Waals surface area contributed by atoms with Crippen molar-refractivity contribution in [3.63, 3.8) is 0 Å². The molecule has 0 aliphatic rings. The second-order valence-electron chi connectivity index (χ2n) is 3.40. The number of carbonyl (C=O) groups excluding carboxylic acids is 1. The lowest BCUT2D eigenvalue weighted by atomic mass is 10.3. The zero-order valence-electron chi connectivity index (χ0n) is 9.13. The first-order valence-electron chi connectivity index (χ1n) is 4.76. The summed E-state index contributed by atoms with van der Waals surface area (Å²) in [5.41, 5.74) is -0.423. The SMILES string of the molecule is CC(NC(=O)Nc1c(F)cc(F)cc1Cl)C(=O)O. The summed E-state index contributed by atoms with van der Waals surface area (Å²) in [4.78, 5) is 21.8. The lowest BCUT2D eigenvalue weighted by molar-refractivity contribution is -0.138. The summed E-state index contributed by atoms with van der Waals surface area (Å²) in [6.07, 6.45) is 0. The van der Waals surface area contributed by atoms with Crippen LogP contribution in [0.25, 0.3) is 0 Å². The standard InChI is InChI=1S/C10H9ClF2N2O3/c1-4(9(16)17)14-10(18)15-8-6(11)2-5(12)3-7(8)13/h2-4H,1H3,(H,16,17)(H2,14,15,18). The third-order valence-electron chi connectivity index (χ3n) is 1.96. The second-order valence-corrected chi connectivity index (χ2v) is 3.81. The van der Waals surface area contributed by atoms with Crippen LogP contribution in [0, 0.1) is 11.6 Å². The Bertz CT molecular complexity index is 473. The van der Waals surface area contributed by atoms with Gasteiger partial charge in [0.25, 0.3) is 0 Å². The van der Waals surface area contributed by atoms with E-state index in [2.05, 4.69) is 0 Å². The maximum Gasteiger partial charge on any atom is 0.325 e. The van der Waals surface area contributed by atoms with Crippen LogP contribution in [0.4, 0.5) is 19.3 Å². The van der Waals surface area contributed by atoms with Gasteiger partial charge in [-0.2, -0.15) is 0 Å². The van der Waals surface area contributed by atoms with Gasteiger partial charge >= 0.3 is 12.0 Å². The molecule has 98 valence electrons. The van der Waals surface area contributed by atoms with Crippen LogP contribution in [0.1, 0.15) is 6.92 Å². The minimum atomic E-state index is -1.25. The third kappa shape index (κ3) is 3.56. The van der Waals surface area contributed by atoms with Crippen molar-refractivity contribution < 1.29 is 23.5 Å². The van der Waals surface area contributed by atoms with Crippen LogP contribution in [-0.2, 0) is 4.79 Å². The summed E-state index contributed by atoms with van der Waals surface area (Å²) in [7, 11) is 0. The molecule has 1 aromatic rings. The molecular formula is C10H9ClF2N2O3. The van der Waals surface area contributed by atoms with Gasteiger partial charge in [0, 0.05) is 6.07 Å². The van der Waals surface area contributed by atoms with E-state index in [0.717, 1.165) is 6.07 Å². The van der Waals surface area contributed by atoms with E-state index in [9.17, 15) is 18.4 Å². The summed E-state index contributed by atoms with van der Waals surface area (Å²) in [6, 6.07) is -0.757. The number of halogens is 3. The Morgan fingerprint density at radius 1 is 1.39 bits per heavy atom. The van der Waals surface area contributed by atoms with Crippen molar-refractivity contribution >= 4 is 29.3 Å². The fourth-order valence-electron chi connectivity index (χ4n) is 1.07. The number of carbonyl (C=O) groups is 2. The summed E-state index contributed by atoms with van der Waals surface area (Å²) < 4.78 is 26.0. The Balaban J connectivity index is 2.80. The molecule has 0 aliphatic carbocycles. The highest BCUT2D eigenvalue weighted by Crippen LogP contribution is 2.26. The van der Waals surface area contributed by atoms with Crippen LogP contribution >= 0.6 is 11.6 Å². The molecule has 2 amide bonds. The average molecular weight is 279 g/mol. The van der Waals surface area contributed by atoms with E-state index in [1.54, 1.807) is 0 Å². The predicted molar refractivity (Wildman–Crippen MR) is 60.6 cm³/mol. The van der Waals surface area contributed by atoms with Crippen molar-refractivity contribution in [1.29, 1.82) is 0 Å². The van der Waals surface area contributed by atoms with Gasteiger partial charge in [-0.3, -0.25) is 4.79 Å². The predicted octanol–water partition coefficient (Wildman–Crippen LogP) is 2.21. The first-order chi connectivity index (χ1) is 8.31. The van der Waals surface area contributed by atoms with Gasteiger partial charge in [0.05, 0.1) is 10.7 Å². The number of nitrogens with one attached hydrogen (secondary N) is 2. The molecule has 0 heterocycles. The number of aliphatic carboxylic acids is 1. The van der Waals surface area contributed by atoms with E-state index >= 15 is 0 Å². The zero-order chi connectivity index (χ0) is 13.9. The van der Waals surface area contributed by atoms with Crippen LogP contribution in [0.5, 0.6) is 0 Å². The van der Waals surface area contributed by atoms with Crippen molar-refractivity contribution in [2.24, 2.45) is 0 Å². The van der Waals surface area contributed by atoms with Crippen molar-refractivity contribution in [2.45, 2.75) is 13.0 Å². The molecule has 0 saturated heterocycles. The molecular weight excluding hydrogens is 270 g/mol. The molecule has 18 heavy (non-hydrogen) atoms. The lowest BCUT2D eigenvalue weighted by Gasteiger charge is -2.12. The summed E-state index contributed by atoms with van der Waals surface area (Å²) in [5, 5.41) is 12.3. The van der Waals surface area contributed by atoms with Crippen LogP contribution in [0.3, 0.4) is 0 Å². The van der Waals surface area contributed by atoms with Crippen LogP contribution in [0.2, 0.25) is 5.02 Å². The number of anilines is 1. The van der Waals surface area contributed by atoms with Crippen LogP contribution in [-0.4, -0.2) is 23.1 Å². The number of carboxylic acids is 1. The van der Waals surface area contributed by atoms with Crippen LogP contribution in [0.15, 0.2) is 12.1 Å². The first kappa shape index (κ1) is 14.2. The fraction of sp³-hybridized carbons (Fsp3) is 0.200. The topological polar surface area (TPSA) is 78.4 Å². The van der Waals surface area contributed by atoms with E-state index in [-0.39, 0.29) is 5.02 Å². The highest BCUT2D eigenvalue weighted by Gasteiger charge is 2.17. The Morgan fingerprint density at radius 2 is 2.00 bits per heavy atom. The number of hydrogen-bond acceptors (Lipinski definition) is 2. The molecule has 1 unspecified atom stereocenters. The average Bonchev–Trinajstić information content (AvgIpc) is 2.23. The molecule has 0 bridgehead atoms. The highest BCUT2D eigenvalue weighted by atomic mass is 35.5. The van der Waals surface area contributed by atoms with E-state index in [1.165, 1.54) is 6.92 Å². The first-order valence-corrected chi connectivity index (χ1v) is 5.14. The Morgan fingerprint density at radius 3 is 2.50 bits per heavy atom. The molecule has 1 atom stereocenters. The highest BCUT2D eigenvalue weighted by molar-refractivity contribution is 6.33. The lowest BCUT2D eigenvalue weighted by Crippen LogP contribution is -2.41. The Labute approximate surface area is 106 Å². The smallest absolute Gasteiger partial charge is 0.325 e. The van der Waals surface area contributed by atoms with Gasteiger partial charge in [0.15, 0.2) is 5.82 Å². The number of rotatable bonds is 3. The zero-order valence-corrected chi connectivity index (χ0v) is 9.89. The number of benzene rings is 1. The molecule has 3 N–H and O–H groups in total. The molecule has 1 aromatic carbocycles. The fourth-order valence-corrected chi connectivity index (χ4v) is 1.31. The summed E-state index contributed by atoms with van der Waals surface area (Å²) in [6.45, 7) is 1.23. The molecule has 5 nitrogen and oxygen atoms in total. The van der Waals surface area contributed by atoms with Gasteiger partial charge in [-0.1, -0.05) is 11.6 Å². The van der Waals surface area contributed by atoms with Gasteiger partial charge in [-0.25, -0.2) is 13.6 Å². The van der Waals surface area contributed by atoms with Crippen molar-refractivity contribution in [2.75, 3.05) is 5.32 Å². The van der Waals surface area contributed by atoms with Crippen molar-refractivity contribution in [3.05, 3.63) is 28.8 Å². The normalized spacial score (nSPS) is 11.8. The molecule has 0 radical (unpaired) electrons. The quantitative estimate of drug-likeness (QED) is 0.793. The van der Waals surface area contributed by atoms with Gasteiger partial charge in [0.1, 0.15) is 11.9 Å². The molecule has 0 saturated carbocycles. The number of carboxylic acid groups (broad SMARTS) is 1. The summed E-state index contributed by atoms with van der Waals surface area (Å²) in [5.74, 6) is -3.20. The van der Waals surface area contributed by atoms with Crippen LogP contribution < -0.4 is 10.6 Å². The van der Waals surface area contributed by atoms with Gasteiger partial charge in [0.2, 0.25) is 0 Å². The minimum Gasteiger partial charge on any atom is -0.480 e. The second kappa shape index (κ2) is 5.63. The maximum absolute atomic E-state index is 13.3. The van der Waals surface area contributed by atoms with E-state index in [1.807, 2.05) is 10.6 Å². The van der Waals surface area contributed by atoms with Gasteiger partial charge < -0.3 is 15.7 Å². The molecule has 0 spiro atoms. The van der Waals surface area contributed by atoms with Crippen molar-refractivity contribution in [1.82, 2.24) is 5.32 Å². The summed E-state index contributed by atoms with van der Waals surface area (Å²) >= 11 is 5.54. The van der Waals surface area contributed by atoms with E-state index < -0.39 is 35.4 Å².